The van der Waals surface area contributed by atoms with Crippen molar-refractivity contribution in [2.75, 3.05) is 0 Å². The number of phenols is 1. The second kappa shape index (κ2) is 6.46. The number of aromatic amines is 1. The number of hydrogen-bond donors (Lipinski definition) is 2. The van der Waals surface area contributed by atoms with E-state index in [0.29, 0.717) is 22.6 Å². The molecule has 2 N–H and O–H groups in total. The Balaban J connectivity index is 1.98. The van der Waals surface area contributed by atoms with Crippen LogP contribution in [-0.4, -0.2) is 25.0 Å². The van der Waals surface area contributed by atoms with E-state index < -0.39 is 0 Å². The van der Waals surface area contributed by atoms with Crippen molar-refractivity contribution in [3.8, 4) is 34.2 Å². The minimum Gasteiger partial charge on any atom is -0.508 e. The van der Waals surface area contributed by atoms with E-state index in [1.807, 2.05) is 39.8 Å². The Morgan fingerprint density at radius 3 is 2.50 bits per heavy atom. The van der Waals surface area contributed by atoms with Crippen LogP contribution in [0.1, 0.15) is 28.2 Å². The fourth-order valence-electron chi connectivity index (χ4n) is 3.63. The Bertz CT molecular complexity index is 1280. The van der Waals surface area contributed by atoms with Gasteiger partial charge in [0.15, 0.2) is 0 Å². The van der Waals surface area contributed by atoms with Crippen molar-refractivity contribution in [1.82, 2.24) is 19.9 Å². The summed E-state index contributed by atoms with van der Waals surface area (Å²) in [6, 6.07) is 7.76. The van der Waals surface area contributed by atoms with Crippen molar-refractivity contribution in [1.29, 1.82) is 5.26 Å². The fraction of sp³-hybridized carbons (Fsp3) is 0.182. The van der Waals surface area contributed by atoms with Gasteiger partial charge in [-0.05, 0) is 56.5 Å². The number of aromatic hydroxyl groups is 1. The van der Waals surface area contributed by atoms with Crippen LogP contribution in [0.15, 0.2) is 30.6 Å². The molecule has 6 nitrogen and oxygen atoms in total. The Kier molecular flexibility index (Phi) is 4.08. The quantitative estimate of drug-likeness (QED) is 0.542. The molecule has 0 spiro atoms. The predicted octanol–water partition coefficient (Wildman–Crippen LogP) is 4.50. The van der Waals surface area contributed by atoms with E-state index in [0.717, 1.165) is 39.0 Å². The number of pyridine rings is 1. The van der Waals surface area contributed by atoms with Crippen molar-refractivity contribution in [3.63, 3.8) is 0 Å². The first-order chi connectivity index (χ1) is 13.4. The van der Waals surface area contributed by atoms with Gasteiger partial charge in [-0.15, -0.1) is 0 Å². The molecule has 0 amide bonds. The number of rotatable bonds is 2. The molecule has 0 saturated heterocycles. The lowest BCUT2D eigenvalue weighted by Gasteiger charge is -2.13. The van der Waals surface area contributed by atoms with Gasteiger partial charge in [-0.2, -0.15) is 5.26 Å². The summed E-state index contributed by atoms with van der Waals surface area (Å²) < 4.78 is 0. The molecule has 6 heteroatoms. The van der Waals surface area contributed by atoms with Crippen LogP contribution < -0.4 is 0 Å². The summed E-state index contributed by atoms with van der Waals surface area (Å²) in [5.41, 5.74) is 6.96. The molecule has 3 heterocycles. The van der Waals surface area contributed by atoms with Crippen LogP contribution in [-0.2, 0) is 0 Å². The molecule has 0 atom stereocenters. The zero-order valence-corrected chi connectivity index (χ0v) is 16.1. The average Bonchev–Trinajstić information content (AvgIpc) is 3.08. The number of nitrogens with zero attached hydrogens (tertiary/aromatic N) is 4. The van der Waals surface area contributed by atoms with Crippen molar-refractivity contribution >= 4 is 11.0 Å². The molecule has 1 aromatic carbocycles. The second-order valence-corrected chi connectivity index (χ2v) is 6.92. The number of benzene rings is 1. The first-order valence-corrected chi connectivity index (χ1v) is 8.92. The molecule has 0 aliphatic rings. The normalized spacial score (nSPS) is 11.0. The fourth-order valence-corrected chi connectivity index (χ4v) is 3.63. The molecule has 28 heavy (non-hydrogen) atoms. The molecule has 3 aromatic heterocycles. The van der Waals surface area contributed by atoms with Gasteiger partial charge in [0.25, 0.3) is 0 Å². The van der Waals surface area contributed by atoms with E-state index >= 15 is 0 Å². The smallest absolute Gasteiger partial charge is 0.139 e. The number of nitriles is 1. The summed E-state index contributed by atoms with van der Waals surface area (Å²) in [7, 11) is 0. The van der Waals surface area contributed by atoms with Gasteiger partial charge in [0.2, 0.25) is 0 Å². The van der Waals surface area contributed by atoms with E-state index in [1.165, 1.54) is 0 Å². The van der Waals surface area contributed by atoms with Crippen LogP contribution in [0.5, 0.6) is 5.75 Å². The molecule has 0 bridgehead atoms. The molecule has 0 unspecified atom stereocenters. The van der Waals surface area contributed by atoms with Gasteiger partial charge in [-0.25, -0.2) is 15.0 Å². The van der Waals surface area contributed by atoms with Gasteiger partial charge in [-0.3, -0.25) is 0 Å². The number of hydrogen-bond acceptors (Lipinski definition) is 5. The van der Waals surface area contributed by atoms with Crippen LogP contribution in [0.2, 0.25) is 0 Å². The molecule has 138 valence electrons. The van der Waals surface area contributed by atoms with Crippen LogP contribution >= 0.6 is 0 Å². The van der Waals surface area contributed by atoms with Crippen molar-refractivity contribution < 1.29 is 5.11 Å². The summed E-state index contributed by atoms with van der Waals surface area (Å²) >= 11 is 0. The lowest BCUT2D eigenvalue weighted by Crippen LogP contribution is -1.94. The number of aromatic nitrogens is 4. The maximum Gasteiger partial charge on any atom is 0.139 e. The first-order valence-electron chi connectivity index (χ1n) is 8.92. The number of nitrogens with one attached hydrogen (secondary N) is 1. The molecule has 0 aliphatic heterocycles. The van der Waals surface area contributed by atoms with Crippen LogP contribution in [0.4, 0.5) is 0 Å². The molecule has 0 saturated carbocycles. The second-order valence-electron chi connectivity index (χ2n) is 6.92. The molecule has 0 radical (unpaired) electrons. The van der Waals surface area contributed by atoms with Gasteiger partial charge in [0.1, 0.15) is 23.3 Å². The molecule has 0 aliphatic carbocycles. The molecular weight excluding hydrogens is 350 g/mol. The van der Waals surface area contributed by atoms with Crippen molar-refractivity contribution in [3.05, 3.63) is 58.8 Å². The van der Waals surface area contributed by atoms with Gasteiger partial charge >= 0.3 is 0 Å². The monoisotopic (exact) mass is 369 g/mol. The van der Waals surface area contributed by atoms with Gasteiger partial charge in [-0.1, -0.05) is 6.07 Å². The summed E-state index contributed by atoms with van der Waals surface area (Å²) in [5.74, 6) is 0.914. The van der Waals surface area contributed by atoms with E-state index in [4.69, 9.17) is 0 Å². The van der Waals surface area contributed by atoms with Gasteiger partial charge < -0.3 is 10.1 Å². The minimum absolute atomic E-state index is 0.201. The lowest BCUT2D eigenvalue weighted by atomic mass is 9.92. The SMILES string of the molecule is Cc1ncc(-c2cc3c(C#N)c(-c4c(C)ccc(O)c4C)cnc3[nH]2)c(C)n1. The zero-order chi connectivity index (χ0) is 20.0. The summed E-state index contributed by atoms with van der Waals surface area (Å²) in [6.07, 6.45) is 3.47. The van der Waals surface area contributed by atoms with E-state index in [2.05, 4.69) is 26.0 Å². The number of phenolic OH excluding ortho intramolecular Hbond substituents is 1. The highest BCUT2D eigenvalue weighted by molar-refractivity contribution is 5.94. The van der Waals surface area contributed by atoms with E-state index in [-0.39, 0.29) is 5.75 Å². The Morgan fingerprint density at radius 2 is 1.79 bits per heavy atom. The molecule has 4 rings (SSSR count). The third-order valence-electron chi connectivity index (χ3n) is 5.07. The predicted molar refractivity (Wildman–Crippen MR) is 108 cm³/mol. The van der Waals surface area contributed by atoms with Crippen LogP contribution in [0.25, 0.3) is 33.4 Å². The largest absolute Gasteiger partial charge is 0.508 e. The lowest BCUT2D eigenvalue weighted by molar-refractivity contribution is 0.471. The topological polar surface area (TPSA) is 98.5 Å². The highest BCUT2D eigenvalue weighted by Gasteiger charge is 2.18. The van der Waals surface area contributed by atoms with E-state index in [9.17, 15) is 10.4 Å². The Labute approximate surface area is 162 Å². The Hall–Kier alpha value is -3.72. The van der Waals surface area contributed by atoms with E-state index in [1.54, 1.807) is 18.5 Å². The average molecular weight is 369 g/mol. The molecule has 0 fully saturated rings. The number of fused-ring (bicyclic) bond motifs is 1. The third-order valence-corrected chi connectivity index (χ3v) is 5.07. The van der Waals surface area contributed by atoms with Crippen molar-refractivity contribution in [2.24, 2.45) is 0 Å². The summed E-state index contributed by atoms with van der Waals surface area (Å²) in [5, 5.41) is 20.8. The Morgan fingerprint density at radius 1 is 1.04 bits per heavy atom. The van der Waals surface area contributed by atoms with Gasteiger partial charge in [0, 0.05) is 28.9 Å². The highest BCUT2D eigenvalue weighted by atomic mass is 16.3. The minimum atomic E-state index is 0.201. The summed E-state index contributed by atoms with van der Waals surface area (Å²) in [4.78, 5) is 16.5. The van der Waals surface area contributed by atoms with Gasteiger partial charge in [0.05, 0.1) is 17.0 Å². The third kappa shape index (κ3) is 2.69. The highest BCUT2D eigenvalue weighted by Crippen LogP contribution is 2.37. The summed E-state index contributed by atoms with van der Waals surface area (Å²) in [6.45, 7) is 7.59. The molecule has 4 aromatic rings. The number of aryl methyl sites for hydroxylation is 3. The maximum atomic E-state index is 10.1. The maximum absolute atomic E-state index is 10.1. The van der Waals surface area contributed by atoms with Crippen LogP contribution in [0.3, 0.4) is 0 Å². The van der Waals surface area contributed by atoms with Crippen molar-refractivity contribution in [2.45, 2.75) is 27.7 Å². The first kappa shape index (κ1) is 17.7. The zero-order valence-electron chi connectivity index (χ0n) is 16.1. The molecular formula is C22H19N5O. The van der Waals surface area contributed by atoms with Crippen LogP contribution in [0, 0.1) is 39.0 Å². The number of H-pyrrole nitrogens is 1. The standard InChI is InChI=1S/C22H19N5O/c1-11-5-6-20(28)12(2)21(11)18-10-25-22-15(16(18)8-23)7-19(27-22)17-9-24-14(4)26-13(17)3/h5-7,9-10,28H,1-4H3,(H,25,27).